The van der Waals surface area contributed by atoms with E-state index in [4.69, 9.17) is 21.4 Å². The first kappa shape index (κ1) is 21.2. The van der Waals surface area contributed by atoms with E-state index in [1.807, 2.05) is 0 Å². The zero-order valence-electron chi connectivity index (χ0n) is 15.9. The molecule has 31 heavy (non-hydrogen) atoms. The van der Waals surface area contributed by atoms with E-state index < -0.39 is 12.3 Å². The number of imidazole rings is 1. The van der Waals surface area contributed by atoms with Crippen molar-refractivity contribution >= 4 is 28.7 Å². The number of benzene rings is 1. The van der Waals surface area contributed by atoms with Gasteiger partial charge in [0, 0.05) is 5.56 Å². The van der Waals surface area contributed by atoms with E-state index in [0.717, 1.165) is 0 Å². The molecule has 1 saturated carbocycles. The van der Waals surface area contributed by atoms with E-state index >= 15 is 0 Å². The Hall–Kier alpha value is -3.01. The number of aromatic nitrogens is 3. The van der Waals surface area contributed by atoms with Gasteiger partial charge in [-0.25, -0.2) is 4.98 Å². The highest BCUT2D eigenvalue weighted by Gasteiger charge is 2.31. The summed E-state index contributed by atoms with van der Waals surface area (Å²) in [6, 6.07) is 7.07. The summed E-state index contributed by atoms with van der Waals surface area (Å²) in [7, 11) is 0. The third-order valence-electron chi connectivity index (χ3n) is 5.07. The predicted octanol–water partition coefficient (Wildman–Crippen LogP) is 5.20. The Balaban J connectivity index is 1.51. The summed E-state index contributed by atoms with van der Waals surface area (Å²) in [4.78, 5) is 22.8. The van der Waals surface area contributed by atoms with Crippen molar-refractivity contribution in [1.82, 2.24) is 15.0 Å². The summed E-state index contributed by atoms with van der Waals surface area (Å²) in [6.07, 6.45) is -2.61. The van der Waals surface area contributed by atoms with E-state index in [0.29, 0.717) is 48.1 Å². The Morgan fingerprint density at radius 3 is 2.42 bits per heavy atom. The second-order valence-corrected chi connectivity index (χ2v) is 7.64. The molecule has 1 aromatic carbocycles. The average Bonchev–Trinajstić information content (AvgIpc) is 3.08. The molecule has 2 heterocycles. The fourth-order valence-corrected chi connectivity index (χ4v) is 3.81. The van der Waals surface area contributed by atoms with Gasteiger partial charge in [-0.3, -0.25) is 4.79 Å². The first-order valence-electron chi connectivity index (χ1n) is 9.50. The SMILES string of the molecule is O=C(O)C1CCC(Oc2nc3nc(-c4ccc(OC(F)(F)F)cc4)c(Cl)cc3[nH]2)CC1. The summed E-state index contributed by atoms with van der Waals surface area (Å²) in [5, 5.41) is 9.37. The number of carboxylic acids is 1. The zero-order chi connectivity index (χ0) is 22.2. The maximum absolute atomic E-state index is 12.3. The molecule has 0 radical (unpaired) electrons. The molecule has 164 valence electrons. The van der Waals surface area contributed by atoms with E-state index in [-0.39, 0.29) is 28.8 Å². The van der Waals surface area contributed by atoms with Crippen molar-refractivity contribution in [2.45, 2.75) is 38.1 Å². The van der Waals surface area contributed by atoms with Crippen LogP contribution in [0.5, 0.6) is 11.8 Å². The molecule has 0 aliphatic heterocycles. The molecule has 0 bridgehead atoms. The third-order valence-corrected chi connectivity index (χ3v) is 5.36. The van der Waals surface area contributed by atoms with E-state index in [1.165, 1.54) is 24.3 Å². The van der Waals surface area contributed by atoms with Crippen LogP contribution in [0.2, 0.25) is 5.02 Å². The molecule has 7 nitrogen and oxygen atoms in total. The largest absolute Gasteiger partial charge is 0.573 e. The van der Waals surface area contributed by atoms with Gasteiger partial charge in [-0.05, 0) is 56.0 Å². The number of halogens is 4. The van der Waals surface area contributed by atoms with Crippen LogP contribution in [-0.2, 0) is 4.79 Å². The topological polar surface area (TPSA) is 97.3 Å². The molecule has 0 saturated heterocycles. The van der Waals surface area contributed by atoms with Crippen molar-refractivity contribution in [3.63, 3.8) is 0 Å². The van der Waals surface area contributed by atoms with Gasteiger partial charge in [-0.15, -0.1) is 13.2 Å². The molecule has 1 fully saturated rings. The van der Waals surface area contributed by atoms with Gasteiger partial charge in [0.05, 0.1) is 22.2 Å². The Labute approximate surface area is 179 Å². The van der Waals surface area contributed by atoms with Gasteiger partial charge < -0.3 is 19.6 Å². The number of nitrogens with one attached hydrogen (secondary N) is 1. The number of hydrogen-bond acceptors (Lipinski definition) is 5. The highest BCUT2D eigenvalue weighted by Crippen LogP contribution is 2.32. The first-order valence-corrected chi connectivity index (χ1v) is 9.87. The number of nitrogens with zero attached hydrogens (tertiary/aromatic N) is 2. The number of pyridine rings is 1. The number of H-pyrrole nitrogens is 1. The second kappa shape index (κ2) is 8.26. The summed E-state index contributed by atoms with van der Waals surface area (Å²) >= 11 is 6.31. The molecule has 1 aliphatic rings. The summed E-state index contributed by atoms with van der Waals surface area (Å²) in [6.45, 7) is 0. The van der Waals surface area contributed by atoms with Gasteiger partial charge in [0.25, 0.3) is 6.01 Å². The predicted molar refractivity (Wildman–Crippen MR) is 105 cm³/mol. The van der Waals surface area contributed by atoms with E-state index in [2.05, 4.69) is 19.7 Å². The Morgan fingerprint density at radius 1 is 1.13 bits per heavy atom. The van der Waals surface area contributed by atoms with Gasteiger partial charge in [0.1, 0.15) is 11.9 Å². The van der Waals surface area contributed by atoms with Crippen LogP contribution in [0.3, 0.4) is 0 Å². The van der Waals surface area contributed by atoms with Crippen LogP contribution < -0.4 is 9.47 Å². The summed E-state index contributed by atoms with van der Waals surface area (Å²) in [5.41, 5.74) is 1.73. The molecule has 0 amide bonds. The number of carboxylic acid groups (broad SMARTS) is 1. The highest BCUT2D eigenvalue weighted by atomic mass is 35.5. The van der Waals surface area contributed by atoms with Crippen LogP contribution >= 0.6 is 11.6 Å². The normalized spacial score (nSPS) is 19.4. The first-order chi connectivity index (χ1) is 14.7. The molecule has 11 heteroatoms. The minimum Gasteiger partial charge on any atom is -0.481 e. The fourth-order valence-electron chi connectivity index (χ4n) is 3.55. The Bertz CT molecular complexity index is 1090. The van der Waals surface area contributed by atoms with Crippen molar-refractivity contribution in [1.29, 1.82) is 0 Å². The molecule has 0 unspecified atom stereocenters. The van der Waals surface area contributed by atoms with Crippen molar-refractivity contribution < 1.29 is 32.5 Å². The second-order valence-electron chi connectivity index (χ2n) is 7.23. The number of rotatable bonds is 5. The minimum atomic E-state index is -4.77. The molecule has 4 rings (SSSR count). The van der Waals surface area contributed by atoms with Gasteiger partial charge in [-0.1, -0.05) is 11.6 Å². The van der Waals surface area contributed by atoms with Crippen LogP contribution in [-0.4, -0.2) is 38.5 Å². The van der Waals surface area contributed by atoms with Gasteiger partial charge >= 0.3 is 12.3 Å². The van der Waals surface area contributed by atoms with Crippen LogP contribution in [0.15, 0.2) is 30.3 Å². The Morgan fingerprint density at radius 2 is 1.81 bits per heavy atom. The van der Waals surface area contributed by atoms with Crippen LogP contribution in [0.1, 0.15) is 25.7 Å². The number of fused-ring (bicyclic) bond motifs is 1. The molecule has 2 N–H and O–H groups in total. The molecule has 2 aromatic heterocycles. The number of hydrogen-bond donors (Lipinski definition) is 2. The lowest BCUT2D eigenvalue weighted by Crippen LogP contribution is -2.28. The van der Waals surface area contributed by atoms with Crippen molar-refractivity contribution in [2.75, 3.05) is 0 Å². The minimum absolute atomic E-state index is 0.146. The average molecular weight is 456 g/mol. The summed E-state index contributed by atoms with van der Waals surface area (Å²) < 4.78 is 46.7. The quantitative estimate of drug-likeness (QED) is 0.549. The van der Waals surface area contributed by atoms with Gasteiger partial charge in [-0.2, -0.15) is 4.98 Å². The molecular formula is C20H17ClF3N3O4. The number of aliphatic carboxylic acids is 1. The van der Waals surface area contributed by atoms with E-state index in [1.54, 1.807) is 6.07 Å². The molecular weight excluding hydrogens is 439 g/mol. The van der Waals surface area contributed by atoms with E-state index in [9.17, 15) is 18.0 Å². The standard InChI is InChI=1S/C20H17ClF3N3O4/c21-14-9-15-17(26-16(14)10-1-7-13(8-2-10)31-20(22,23)24)27-19(25-15)30-12-5-3-11(4-6-12)18(28)29/h1-2,7-9,11-12H,3-6H2,(H,28,29)(H,25,26,27). The Kier molecular flexibility index (Phi) is 5.65. The number of ether oxygens (including phenoxy) is 2. The third kappa shape index (κ3) is 5.01. The lowest BCUT2D eigenvalue weighted by Gasteiger charge is -2.25. The maximum Gasteiger partial charge on any atom is 0.573 e. The monoisotopic (exact) mass is 455 g/mol. The zero-order valence-corrected chi connectivity index (χ0v) is 16.7. The molecule has 3 aromatic rings. The summed E-state index contributed by atoms with van der Waals surface area (Å²) in [5.74, 6) is -1.47. The lowest BCUT2D eigenvalue weighted by molar-refractivity contribution is -0.274. The fraction of sp³-hybridized carbons (Fsp3) is 0.350. The molecule has 0 spiro atoms. The molecule has 1 aliphatic carbocycles. The van der Waals surface area contributed by atoms with Gasteiger partial charge in [0.15, 0.2) is 5.65 Å². The highest BCUT2D eigenvalue weighted by molar-refractivity contribution is 6.33. The van der Waals surface area contributed by atoms with Gasteiger partial charge in [0.2, 0.25) is 0 Å². The maximum atomic E-state index is 12.3. The number of aromatic amines is 1. The smallest absolute Gasteiger partial charge is 0.481 e. The molecule has 0 atom stereocenters. The van der Waals surface area contributed by atoms with Crippen molar-refractivity contribution in [3.8, 4) is 23.0 Å². The van der Waals surface area contributed by atoms with Crippen LogP contribution in [0.4, 0.5) is 13.2 Å². The van der Waals surface area contributed by atoms with Crippen molar-refractivity contribution in [2.24, 2.45) is 5.92 Å². The number of alkyl halides is 3. The van der Waals surface area contributed by atoms with Crippen molar-refractivity contribution in [3.05, 3.63) is 35.4 Å². The lowest BCUT2D eigenvalue weighted by atomic mass is 9.87. The van der Waals surface area contributed by atoms with Crippen LogP contribution in [0.25, 0.3) is 22.4 Å². The van der Waals surface area contributed by atoms with Crippen LogP contribution in [0, 0.1) is 5.92 Å². The number of carbonyl (C=O) groups is 1.